The number of nitrogens with zero attached hydrogens (tertiary/aromatic N) is 1. The van der Waals surface area contributed by atoms with Gasteiger partial charge in [0.05, 0.1) is 18.5 Å². The average Bonchev–Trinajstić information content (AvgIpc) is 3.22. The van der Waals surface area contributed by atoms with Crippen molar-refractivity contribution in [2.24, 2.45) is 0 Å². The molecule has 0 aliphatic heterocycles. The molecule has 0 atom stereocenters. The smallest absolute Gasteiger partial charge is 0.264 e. The Morgan fingerprint density at radius 2 is 2.09 bits per heavy atom. The molecule has 108 valence electrons. The molecule has 0 saturated heterocycles. The molecule has 2 heterocycles. The van der Waals surface area contributed by atoms with Crippen LogP contribution in [0.5, 0.6) is 0 Å². The highest BCUT2D eigenvalue weighted by Gasteiger charge is 2.20. The third kappa shape index (κ3) is 2.78. The number of aromatic nitrogens is 1. The van der Waals surface area contributed by atoms with Crippen LogP contribution in [-0.4, -0.2) is 17.4 Å². The van der Waals surface area contributed by atoms with Gasteiger partial charge in [0.1, 0.15) is 4.88 Å². The summed E-state index contributed by atoms with van der Waals surface area (Å²) < 4.78 is 5.37. The number of terminal acetylenes is 1. The zero-order valence-corrected chi connectivity index (χ0v) is 12.4. The first-order valence-electron chi connectivity index (χ1n) is 6.61. The van der Waals surface area contributed by atoms with Gasteiger partial charge in [-0.05, 0) is 12.1 Å². The number of nitrogens with one attached hydrogen (secondary N) is 1. The summed E-state index contributed by atoms with van der Waals surface area (Å²) in [6, 6.07) is 13.2. The standard InChI is InChI=1S/C17H12N2O2S/c1-2-10-18-16(20)15-14(12-7-4-3-5-8-12)19-17(22-15)13-9-6-11-21-13/h1,3-9,11H,10H2,(H,18,20). The van der Waals surface area contributed by atoms with Crippen molar-refractivity contribution < 1.29 is 9.21 Å². The maximum Gasteiger partial charge on any atom is 0.264 e. The monoisotopic (exact) mass is 308 g/mol. The van der Waals surface area contributed by atoms with Crippen LogP contribution in [0, 0.1) is 12.3 Å². The molecule has 0 bridgehead atoms. The maximum absolute atomic E-state index is 12.3. The lowest BCUT2D eigenvalue weighted by molar-refractivity contribution is 0.0963. The molecule has 3 aromatic rings. The number of thiazole rings is 1. The Morgan fingerprint density at radius 3 is 2.77 bits per heavy atom. The van der Waals surface area contributed by atoms with Gasteiger partial charge in [-0.15, -0.1) is 17.8 Å². The highest BCUT2D eigenvalue weighted by molar-refractivity contribution is 7.17. The van der Waals surface area contributed by atoms with Crippen LogP contribution in [0.4, 0.5) is 0 Å². The Hall–Kier alpha value is -2.84. The van der Waals surface area contributed by atoms with E-state index in [4.69, 9.17) is 10.8 Å². The molecule has 0 aliphatic rings. The normalized spacial score (nSPS) is 10.1. The molecule has 1 aromatic carbocycles. The van der Waals surface area contributed by atoms with Crippen LogP contribution in [0.2, 0.25) is 0 Å². The van der Waals surface area contributed by atoms with Crippen molar-refractivity contribution in [3.8, 4) is 34.4 Å². The molecule has 0 unspecified atom stereocenters. The van der Waals surface area contributed by atoms with Crippen molar-refractivity contribution in [3.63, 3.8) is 0 Å². The minimum atomic E-state index is -0.230. The SMILES string of the molecule is C#CCNC(=O)c1sc(-c2ccco2)nc1-c1ccccc1. The number of hydrogen-bond donors (Lipinski definition) is 1. The van der Waals surface area contributed by atoms with E-state index in [1.165, 1.54) is 11.3 Å². The van der Waals surface area contributed by atoms with Gasteiger partial charge in [-0.25, -0.2) is 4.98 Å². The van der Waals surface area contributed by atoms with Crippen molar-refractivity contribution in [1.82, 2.24) is 10.3 Å². The summed E-state index contributed by atoms with van der Waals surface area (Å²) in [7, 11) is 0. The Bertz CT molecular complexity index is 814. The van der Waals surface area contributed by atoms with Gasteiger partial charge >= 0.3 is 0 Å². The van der Waals surface area contributed by atoms with Gasteiger partial charge in [-0.3, -0.25) is 4.79 Å². The van der Waals surface area contributed by atoms with Crippen LogP contribution < -0.4 is 5.32 Å². The maximum atomic E-state index is 12.3. The summed E-state index contributed by atoms with van der Waals surface area (Å²) >= 11 is 1.29. The highest BCUT2D eigenvalue weighted by atomic mass is 32.1. The molecule has 5 heteroatoms. The van der Waals surface area contributed by atoms with Gasteiger partial charge < -0.3 is 9.73 Å². The van der Waals surface area contributed by atoms with Gasteiger partial charge in [0.2, 0.25) is 0 Å². The van der Waals surface area contributed by atoms with Gasteiger partial charge in [-0.1, -0.05) is 36.3 Å². The Kier molecular flexibility index (Phi) is 4.03. The van der Waals surface area contributed by atoms with E-state index < -0.39 is 0 Å². The minimum absolute atomic E-state index is 0.182. The number of amides is 1. The minimum Gasteiger partial charge on any atom is -0.462 e. The molecule has 3 rings (SSSR count). The van der Waals surface area contributed by atoms with E-state index in [1.807, 2.05) is 36.4 Å². The molecule has 2 aromatic heterocycles. The van der Waals surface area contributed by atoms with E-state index in [-0.39, 0.29) is 12.5 Å². The molecule has 0 aliphatic carbocycles. The zero-order valence-electron chi connectivity index (χ0n) is 11.6. The number of rotatable bonds is 4. The van der Waals surface area contributed by atoms with Gasteiger partial charge in [0.25, 0.3) is 5.91 Å². The molecule has 0 radical (unpaired) electrons. The fraction of sp³-hybridized carbons (Fsp3) is 0.0588. The quantitative estimate of drug-likeness (QED) is 0.751. The van der Waals surface area contributed by atoms with Crippen molar-refractivity contribution in [2.45, 2.75) is 0 Å². The van der Waals surface area contributed by atoms with Gasteiger partial charge in [0, 0.05) is 5.56 Å². The topological polar surface area (TPSA) is 55.1 Å². The molecular weight excluding hydrogens is 296 g/mol. The van der Waals surface area contributed by atoms with Crippen LogP contribution in [0.15, 0.2) is 53.1 Å². The van der Waals surface area contributed by atoms with Crippen molar-refractivity contribution >= 4 is 17.2 Å². The zero-order chi connectivity index (χ0) is 15.4. The molecule has 0 saturated carbocycles. The molecular formula is C17H12N2O2S. The molecule has 0 fully saturated rings. The number of furan rings is 1. The fourth-order valence-corrected chi connectivity index (χ4v) is 2.95. The van der Waals surface area contributed by atoms with Crippen LogP contribution in [0.3, 0.4) is 0 Å². The van der Waals surface area contributed by atoms with E-state index in [9.17, 15) is 4.79 Å². The third-order valence-electron chi connectivity index (χ3n) is 2.96. The molecule has 1 N–H and O–H groups in total. The fourth-order valence-electron chi connectivity index (χ4n) is 1.98. The first kappa shape index (κ1) is 14.1. The van der Waals surface area contributed by atoms with Crippen LogP contribution >= 0.6 is 11.3 Å². The second kappa shape index (κ2) is 6.29. The first-order chi connectivity index (χ1) is 10.8. The lowest BCUT2D eigenvalue weighted by Crippen LogP contribution is -2.23. The number of benzene rings is 1. The number of carbonyl (C=O) groups excluding carboxylic acids is 1. The Labute approximate surface area is 131 Å². The molecule has 0 spiro atoms. The number of carbonyl (C=O) groups is 1. The predicted octanol–water partition coefficient (Wildman–Crippen LogP) is 3.43. The number of hydrogen-bond acceptors (Lipinski definition) is 4. The average molecular weight is 308 g/mol. The van der Waals surface area contributed by atoms with Crippen molar-refractivity contribution in [3.05, 3.63) is 53.6 Å². The second-order valence-electron chi connectivity index (χ2n) is 4.43. The second-order valence-corrected chi connectivity index (χ2v) is 5.43. The lowest BCUT2D eigenvalue weighted by Gasteiger charge is -2.02. The molecule has 4 nitrogen and oxygen atoms in total. The lowest BCUT2D eigenvalue weighted by atomic mass is 10.1. The van der Waals surface area contributed by atoms with E-state index in [0.717, 1.165) is 5.56 Å². The summed E-state index contributed by atoms with van der Waals surface area (Å²) in [4.78, 5) is 17.4. The van der Waals surface area contributed by atoms with E-state index >= 15 is 0 Å². The van der Waals surface area contributed by atoms with Gasteiger partial charge in [-0.2, -0.15) is 0 Å². The van der Waals surface area contributed by atoms with Crippen molar-refractivity contribution in [2.75, 3.05) is 6.54 Å². The predicted molar refractivity (Wildman–Crippen MR) is 86.4 cm³/mol. The first-order valence-corrected chi connectivity index (χ1v) is 7.43. The highest BCUT2D eigenvalue weighted by Crippen LogP contribution is 2.33. The summed E-state index contributed by atoms with van der Waals surface area (Å²) in [6.45, 7) is 0.182. The van der Waals surface area contributed by atoms with E-state index in [0.29, 0.717) is 21.3 Å². The van der Waals surface area contributed by atoms with Crippen LogP contribution in [0.25, 0.3) is 22.0 Å². The van der Waals surface area contributed by atoms with Crippen molar-refractivity contribution in [1.29, 1.82) is 0 Å². The summed E-state index contributed by atoms with van der Waals surface area (Å²) in [5.41, 5.74) is 1.51. The molecule has 22 heavy (non-hydrogen) atoms. The molecule has 1 amide bonds. The summed E-state index contributed by atoms with van der Waals surface area (Å²) in [5, 5.41) is 3.34. The van der Waals surface area contributed by atoms with E-state index in [2.05, 4.69) is 16.2 Å². The Morgan fingerprint density at radius 1 is 1.27 bits per heavy atom. The summed E-state index contributed by atoms with van der Waals surface area (Å²) in [6.07, 6.45) is 6.77. The van der Waals surface area contributed by atoms with Crippen LogP contribution in [0.1, 0.15) is 9.67 Å². The summed E-state index contributed by atoms with van der Waals surface area (Å²) in [5.74, 6) is 2.80. The van der Waals surface area contributed by atoms with Crippen LogP contribution in [-0.2, 0) is 0 Å². The van der Waals surface area contributed by atoms with E-state index in [1.54, 1.807) is 12.3 Å². The Balaban J connectivity index is 2.06. The largest absolute Gasteiger partial charge is 0.462 e. The van der Waals surface area contributed by atoms with Gasteiger partial charge in [0.15, 0.2) is 10.8 Å². The third-order valence-corrected chi connectivity index (χ3v) is 4.03.